The molecule has 0 radical (unpaired) electrons. The van der Waals surface area contributed by atoms with Crippen LogP contribution in [0, 0.1) is 0 Å². The second kappa shape index (κ2) is 5.87. The third-order valence-corrected chi connectivity index (χ3v) is 3.37. The lowest BCUT2D eigenvalue weighted by Crippen LogP contribution is -2.34. The summed E-state index contributed by atoms with van der Waals surface area (Å²) >= 11 is 6.08. The van der Waals surface area contributed by atoms with E-state index in [1.807, 2.05) is 20.8 Å². The van der Waals surface area contributed by atoms with Crippen LogP contribution < -0.4 is 16.0 Å². The lowest BCUT2D eigenvalue weighted by atomic mass is 10.1. The SMILES string of the molecule is CC(C)(C)n1ccnc(Oc2cccc(Cl)c2CN)c1=O. The Morgan fingerprint density at radius 1 is 1.38 bits per heavy atom. The molecule has 0 spiro atoms. The molecule has 6 heteroatoms. The monoisotopic (exact) mass is 307 g/mol. The largest absolute Gasteiger partial charge is 0.434 e. The summed E-state index contributed by atoms with van der Waals surface area (Å²) < 4.78 is 7.21. The second-order valence-electron chi connectivity index (χ2n) is 5.60. The maximum Gasteiger partial charge on any atom is 0.314 e. The Hall–Kier alpha value is -1.85. The van der Waals surface area contributed by atoms with Crippen molar-refractivity contribution in [1.29, 1.82) is 0 Å². The number of nitrogens with two attached hydrogens (primary N) is 1. The number of ether oxygens (including phenoxy) is 1. The van der Waals surface area contributed by atoms with Crippen molar-refractivity contribution in [2.75, 3.05) is 0 Å². The molecule has 1 heterocycles. The number of rotatable bonds is 3. The first kappa shape index (κ1) is 15.5. The van der Waals surface area contributed by atoms with Crippen molar-refractivity contribution < 1.29 is 4.74 Å². The molecule has 0 unspecified atom stereocenters. The molecule has 2 rings (SSSR count). The Morgan fingerprint density at radius 3 is 2.71 bits per heavy atom. The van der Waals surface area contributed by atoms with E-state index in [1.54, 1.807) is 29.0 Å². The van der Waals surface area contributed by atoms with Crippen LogP contribution in [0.25, 0.3) is 0 Å². The van der Waals surface area contributed by atoms with Crippen LogP contribution in [0.5, 0.6) is 11.6 Å². The fourth-order valence-electron chi connectivity index (χ4n) is 1.93. The second-order valence-corrected chi connectivity index (χ2v) is 6.01. The molecular formula is C15H18ClN3O2. The zero-order valence-corrected chi connectivity index (χ0v) is 13.0. The summed E-state index contributed by atoms with van der Waals surface area (Å²) in [5.74, 6) is 0.450. The molecule has 0 aliphatic heterocycles. The lowest BCUT2D eigenvalue weighted by Gasteiger charge is -2.22. The third kappa shape index (κ3) is 3.25. The van der Waals surface area contributed by atoms with Crippen molar-refractivity contribution in [1.82, 2.24) is 9.55 Å². The van der Waals surface area contributed by atoms with Crippen LogP contribution in [0.1, 0.15) is 26.3 Å². The average Bonchev–Trinajstić information content (AvgIpc) is 2.40. The molecule has 0 saturated carbocycles. The van der Waals surface area contributed by atoms with Crippen LogP contribution in [0.2, 0.25) is 5.02 Å². The molecule has 2 aromatic rings. The van der Waals surface area contributed by atoms with E-state index >= 15 is 0 Å². The van der Waals surface area contributed by atoms with Crippen molar-refractivity contribution in [2.45, 2.75) is 32.9 Å². The first-order valence-electron chi connectivity index (χ1n) is 6.58. The Kier molecular flexibility index (Phi) is 4.34. The van der Waals surface area contributed by atoms with Crippen molar-refractivity contribution in [3.05, 3.63) is 51.5 Å². The van der Waals surface area contributed by atoms with Crippen LogP contribution in [0.3, 0.4) is 0 Å². The molecule has 2 N–H and O–H groups in total. The van der Waals surface area contributed by atoms with Gasteiger partial charge in [0.1, 0.15) is 5.75 Å². The number of halogens is 1. The van der Waals surface area contributed by atoms with E-state index < -0.39 is 0 Å². The van der Waals surface area contributed by atoms with Crippen LogP contribution in [-0.2, 0) is 12.1 Å². The van der Waals surface area contributed by atoms with Gasteiger partial charge in [-0.05, 0) is 32.9 Å². The maximum atomic E-state index is 12.4. The summed E-state index contributed by atoms with van der Waals surface area (Å²) in [6, 6.07) is 5.17. The van der Waals surface area contributed by atoms with Crippen molar-refractivity contribution in [3.63, 3.8) is 0 Å². The molecule has 0 bridgehead atoms. The molecule has 0 saturated heterocycles. The van der Waals surface area contributed by atoms with E-state index in [1.165, 1.54) is 6.20 Å². The lowest BCUT2D eigenvalue weighted by molar-refractivity contribution is 0.362. The minimum Gasteiger partial charge on any atom is -0.434 e. The quantitative estimate of drug-likeness (QED) is 0.946. The maximum absolute atomic E-state index is 12.4. The molecule has 0 aliphatic carbocycles. The Balaban J connectivity index is 2.47. The standard InChI is InChI=1S/C15H18ClN3O2/c1-15(2,3)19-8-7-18-13(14(19)20)21-12-6-4-5-11(16)10(12)9-17/h4-8H,9,17H2,1-3H3. The van der Waals surface area contributed by atoms with Gasteiger partial charge in [-0.3, -0.25) is 4.79 Å². The Labute approximate surface area is 128 Å². The summed E-state index contributed by atoms with van der Waals surface area (Å²) in [6.07, 6.45) is 3.17. The van der Waals surface area contributed by atoms with Crippen LogP contribution in [0.4, 0.5) is 0 Å². The third-order valence-electron chi connectivity index (χ3n) is 3.02. The van der Waals surface area contributed by atoms with Crippen LogP contribution in [-0.4, -0.2) is 9.55 Å². The zero-order chi connectivity index (χ0) is 15.6. The molecule has 112 valence electrons. The van der Waals surface area contributed by atoms with Crippen LogP contribution in [0.15, 0.2) is 35.4 Å². The fourth-order valence-corrected chi connectivity index (χ4v) is 2.17. The molecule has 1 aromatic heterocycles. The predicted octanol–water partition coefficient (Wildman–Crippen LogP) is 2.90. The van der Waals surface area contributed by atoms with E-state index in [9.17, 15) is 4.79 Å². The molecule has 0 aliphatic rings. The van der Waals surface area contributed by atoms with Crippen molar-refractivity contribution in [2.24, 2.45) is 5.73 Å². The zero-order valence-electron chi connectivity index (χ0n) is 12.3. The van der Waals surface area contributed by atoms with E-state index in [2.05, 4.69) is 4.98 Å². The highest BCUT2D eigenvalue weighted by atomic mass is 35.5. The molecular weight excluding hydrogens is 290 g/mol. The van der Waals surface area contributed by atoms with E-state index in [0.717, 1.165) is 0 Å². The number of aromatic nitrogens is 2. The minimum absolute atomic E-state index is 0.00407. The van der Waals surface area contributed by atoms with Gasteiger partial charge in [0.05, 0.1) is 0 Å². The number of hydrogen-bond acceptors (Lipinski definition) is 4. The van der Waals surface area contributed by atoms with Gasteiger partial charge in [0.25, 0.3) is 5.88 Å². The summed E-state index contributed by atoms with van der Waals surface area (Å²) in [4.78, 5) is 16.4. The summed E-state index contributed by atoms with van der Waals surface area (Å²) in [7, 11) is 0. The Morgan fingerprint density at radius 2 is 2.10 bits per heavy atom. The molecule has 21 heavy (non-hydrogen) atoms. The fraction of sp³-hybridized carbons (Fsp3) is 0.333. The van der Waals surface area contributed by atoms with Gasteiger partial charge in [-0.15, -0.1) is 0 Å². The van der Waals surface area contributed by atoms with Gasteiger partial charge in [0.15, 0.2) is 0 Å². The average molecular weight is 308 g/mol. The first-order valence-corrected chi connectivity index (χ1v) is 6.96. The van der Waals surface area contributed by atoms with E-state index in [0.29, 0.717) is 16.3 Å². The topological polar surface area (TPSA) is 70.1 Å². The minimum atomic E-state index is -0.358. The highest BCUT2D eigenvalue weighted by molar-refractivity contribution is 6.31. The highest BCUT2D eigenvalue weighted by Gasteiger charge is 2.18. The van der Waals surface area contributed by atoms with Gasteiger partial charge in [-0.1, -0.05) is 17.7 Å². The summed E-state index contributed by atoms with van der Waals surface area (Å²) in [5.41, 5.74) is 5.66. The van der Waals surface area contributed by atoms with Gasteiger partial charge in [-0.25, -0.2) is 4.98 Å². The smallest absolute Gasteiger partial charge is 0.314 e. The first-order chi connectivity index (χ1) is 9.84. The van der Waals surface area contributed by atoms with Crippen molar-refractivity contribution in [3.8, 4) is 11.6 Å². The van der Waals surface area contributed by atoms with Crippen LogP contribution >= 0.6 is 11.6 Å². The molecule has 0 amide bonds. The van der Waals surface area contributed by atoms with Gasteiger partial charge in [-0.2, -0.15) is 0 Å². The Bertz CT molecular complexity index is 705. The number of benzene rings is 1. The molecule has 0 atom stereocenters. The predicted molar refractivity (Wildman–Crippen MR) is 82.9 cm³/mol. The molecule has 5 nitrogen and oxygen atoms in total. The normalized spacial score (nSPS) is 11.5. The number of hydrogen-bond donors (Lipinski definition) is 1. The van der Waals surface area contributed by atoms with Crippen molar-refractivity contribution >= 4 is 11.6 Å². The number of nitrogens with zero attached hydrogens (tertiary/aromatic N) is 2. The van der Waals surface area contributed by atoms with E-state index in [-0.39, 0.29) is 23.5 Å². The summed E-state index contributed by atoms with van der Waals surface area (Å²) in [6.45, 7) is 6.02. The summed E-state index contributed by atoms with van der Waals surface area (Å²) in [5, 5.41) is 0.502. The van der Waals surface area contributed by atoms with Gasteiger partial charge in [0.2, 0.25) is 0 Å². The van der Waals surface area contributed by atoms with Gasteiger partial charge in [0, 0.05) is 35.1 Å². The van der Waals surface area contributed by atoms with E-state index in [4.69, 9.17) is 22.1 Å². The molecule has 0 fully saturated rings. The molecule has 1 aromatic carbocycles. The van der Waals surface area contributed by atoms with Gasteiger partial charge >= 0.3 is 5.56 Å². The highest BCUT2D eigenvalue weighted by Crippen LogP contribution is 2.28. The van der Waals surface area contributed by atoms with Gasteiger partial charge < -0.3 is 15.0 Å².